The Balaban J connectivity index is 2.27. The molecule has 6 heteroatoms. The Morgan fingerprint density at radius 1 is 1.35 bits per heavy atom. The van der Waals surface area contributed by atoms with Crippen molar-refractivity contribution < 1.29 is 14.3 Å². The van der Waals surface area contributed by atoms with E-state index >= 15 is 0 Å². The van der Waals surface area contributed by atoms with Gasteiger partial charge in [0.2, 0.25) is 5.82 Å². The highest BCUT2D eigenvalue weighted by atomic mass is 19.1. The number of fused-ring (bicyclic) bond motifs is 1. The number of carboxylic acids is 1. The second-order valence-electron chi connectivity index (χ2n) is 4.41. The molecule has 5 nitrogen and oxygen atoms in total. The lowest BCUT2D eigenvalue weighted by atomic mass is 10.1. The van der Waals surface area contributed by atoms with Gasteiger partial charge in [-0.25, -0.2) is 18.7 Å². The van der Waals surface area contributed by atoms with E-state index in [1.54, 1.807) is 18.2 Å². The van der Waals surface area contributed by atoms with E-state index in [0.29, 0.717) is 16.8 Å². The summed E-state index contributed by atoms with van der Waals surface area (Å²) in [7, 11) is 0. The summed E-state index contributed by atoms with van der Waals surface area (Å²) in [5.41, 5.74) is 2.51. The summed E-state index contributed by atoms with van der Waals surface area (Å²) < 4.78 is 14.5. The van der Waals surface area contributed by atoms with Crippen LogP contribution < -0.4 is 0 Å². The molecule has 3 rings (SSSR count). The maximum Gasteiger partial charge on any atom is 0.374 e. The Morgan fingerprint density at radius 2 is 2.15 bits per heavy atom. The fourth-order valence-corrected chi connectivity index (χ4v) is 2.07. The van der Waals surface area contributed by atoms with Crippen molar-refractivity contribution in [3.8, 4) is 11.3 Å². The van der Waals surface area contributed by atoms with Crippen molar-refractivity contribution in [2.45, 2.75) is 6.92 Å². The largest absolute Gasteiger partial charge is 0.475 e. The van der Waals surface area contributed by atoms with E-state index in [0.717, 1.165) is 5.56 Å². The number of aryl methyl sites for hydroxylation is 1. The van der Waals surface area contributed by atoms with Crippen molar-refractivity contribution >= 4 is 11.5 Å². The standard InChI is InChI=1S/C14H10FN3O2/c1-8-5-11(9-3-2-4-10(15)6-9)17-18-12(8)7-16-13(18)14(19)20/h2-7H,1H3,(H,19,20). The summed E-state index contributed by atoms with van der Waals surface area (Å²) in [6.07, 6.45) is 1.46. The van der Waals surface area contributed by atoms with Crippen LogP contribution in [0.15, 0.2) is 36.5 Å². The zero-order valence-electron chi connectivity index (χ0n) is 10.5. The van der Waals surface area contributed by atoms with Crippen molar-refractivity contribution in [2.24, 2.45) is 0 Å². The molecule has 0 spiro atoms. The van der Waals surface area contributed by atoms with E-state index in [1.807, 2.05) is 6.92 Å². The number of rotatable bonds is 2. The summed E-state index contributed by atoms with van der Waals surface area (Å²) in [6, 6.07) is 7.77. The van der Waals surface area contributed by atoms with Gasteiger partial charge in [0.1, 0.15) is 5.82 Å². The van der Waals surface area contributed by atoms with Gasteiger partial charge in [-0.05, 0) is 30.7 Å². The van der Waals surface area contributed by atoms with Crippen molar-refractivity contribution in [1.82, 2.24) is 14.6 Å². The molecule has 1 N–H and O–H groups in total. The first-order valence-corrected chi connectivity index (χ1v) is 5.91. The predicted molar refractivity (Wildman–Crippen MR) is 70.1 cm³/mol. The summed E-state index contributed by atoms with van der Waals surface area (Å²) in [5, 5.41) is 13.3. The molecule has 0 aliphatic carbocycles. The van der Waals surface area contributed by atoms with Crippen LogP contribution >= 0.6 is 0 Å². The van der Waals surface area contributed by atoms with Crippen molar-refractivity contribution in [3.05, 3.63) is 53.7 Å². The number of hydrogen-bond acceptors (Lipinski definition) is 3. The fourth-order valence-electron chi connectivity index (χ4n) is 2.07. The SMILES string of the molecule is Cc1cc(-c2cccc(F)c2)nn2c(C(=O)O)ncc12. The topological polar surface area (TPSA) is 67.5 Å². The highest BCUT2D eigenvalue weighted by molar-refractivity contribution is 5.85. The maximum atomic E-state index is 13.3. The fraction of sp³-hybridized carbons (Fsp3) is 0.0714. The second-order valence-corrected chi connectivity index (χ2v) is 4.41. The first kappa shape index (κ1) is 12.3. The average Bonchev–Trinajstić information content (AvgIpc) is 2.83. The third-order valence-corrected chi connectivity index (χ3v) is 3.01. The first-order valence-electron chi connectivity index (χ1n) is 5.91. The molecule has 0 bridgehead atoms. The van der Waals surface area contributed by atoms with Crippen LogP contribution in [0.4, 0.5) is 4.39 Å². The van der Waals surface area contributed by atoms with Gasteiger partial charge >= 0.3 is 5.97 Å². The molecule has 0 fully saturated rings. The Morgan fingerprint density at radius 3 is 2.85 bits per heavy atom. The zero-order valence-corrected chi connectivity index (χ0v) is 10.5. The number of hydrogen-bond donors (Lipinski definition) is 1. The van der Waals surface area contributed by atoms with Gasteiger partial charge in [0, 0.05) is 5.56 Å². The summed E-state index contributed by atoms with van der Waals surface area (Å²) in [4.78, 5) is 14.9. The number of aromatic nitrogens is 3. The number of aromatic carboxylic acids is 1. The van der Waals surface area contributed by atoms with Crippen LogP contribution in [0.25, 0.3) is 16.8 Å². The van der Waals surface area contributed by atoms with Gasteiger partial charge in [-0.2, -0.15) is 5.10 Å². The van der Waals surface area contributed by atoms with Gasteiger partial charge in [0.25, 0.3) is 0 Å². The summed E-state index contributed by atoms with van der Waals surface area (Å²) >= 11 is 0. The van der Waals surface area contributed by atoms with Crippen LogP contribution in [0.1, 0.15) is 16.2 Å². The van der Waals surface area contributed by atoms with Gasteiger partial charge in [0.15, 0.2) is 0 Å². The molecule has 0 aliphatic rings. The number of nitrogens with zero attached hydrogens (tertiary/aromatic N) is 3. The Labute approximate surface area is 113 Å². The van der Waals surface area contributed by atoms with Crippen LogP contribution in [0.5, 0.6) is 0 Å². The number of benzene rings is 1. The third-order valence-electron chi connectivity index (χ3n) is 3.01. The summed E-state index contributed by atoms with van der Waals surface area (Å²) in [6.45, 7) is 1.83. The Hall–Kier alpha value is -2.76. The quantitative estimate of drug-likeness (QED) is 0.777. The highest BCUT2D eigenvalue weighted by Gasteiger charge is 2.15. The Kier molecular flexibility index (Phi) is 2.71. The van der Waals surface area contributed by atoms with E-state index in [1.165, 1.54) is 22.8 Å². The van der Waals surface area contributed by atoms with Crippen LogP contribution in [0, 0.1) is 12.7 Å². The highest BCUT2D eigenvalue weighted by Crippen LogP contribution is 2.21. The van der Waals surface area contributed by atoms with Crippen LogP contribution in [0.2, 0.25) is 0 Å². The minimum absolute atomic E-state index is 0.165. The molecular weight excluding hydrogens is 261 g/mol. The minimum atomic E-state index is -1.16. The summed E-state index contributed by atoms with van der Waals surface area (Å²) in [5.74, 6) is -1.69. The van der Waals surface area contributed by atoms with Gasteiger partial charge < -0.3 is 5.11 Å². The van der Waals surface area contributed by atoms with E-state index in [4.69, 9.17) is 5.11 Å². The molecule has 1 aromatic carbocycles. The van der Waals surface area contributed by atoms with Crippen molar-refractivity contribution in [2.75, 3.05) is 0 Å². The van der Waals surface area contributed by atoms with Gasteiger partial charge in [-0.15, -0.1) is 0 Å². The monoisotopic (exact) mass is 271 g/mol. The number of carbonyl (C=O) groups is 1. The normalized spacial score (nSPS) is 10.9. The molecule has 3 aromatic rings. The molecule has 0 saturated heterocycles. The Bertz CT molecular complexity index is 826. The first-order chi connectivity index (χ1) is 9.56. The molecule has 2 heterocycles. The molecule has 20 heavy (non-hydrogen) atoms. The lowest BCUT2D eigenvalue weighted by Crippen LogP contribution is -2.07. The van der Waals surface area contributed by atoms with Gasteiger partial charge in [0.05, 0.1) is 17.4 Å². The van der Waals surface area contributed by atoms with Crippen molar-refractivity contribution in [3.63, 3.8) is 0 Å². The predicted octanol–water partition coefficient (Wildman–Crippen LogP) is 2.54. The molecule has 0 radical (unpaired) electrons. The lowest BCUT2D eigenvalue weighted by Gasteiger charge is -2.05. The minimum Gasteiger partial charge on any atom is -0.475 e. The molecule has 100 valence electrons. The van der Waals surface area contributed by atoms with E-state index < -0.39 is 5.97 Å². The lowest BCUT2D eigenvalue weighted by molar-refractivity contribution is 0.0681. The number of carboxylic acid groups (broad SMARTS) is 1. The maximum absolute atomic E-state index is 13.3. The molecule has 0 amide bonds. The number of halogens is 1. The van der Waals surface area contributed by atoms with E-state index in [9.17, 15) is 9.18 Å². The van der Waals surface area contributed by atoms with Crippen LogP contribution in [0.3, 0.4) is 0 Å². The van der Waals surface area contributed by atoms with Crippen LogP contribution in [-0.4, -0.2) is 25.7 Å². The second kappa shape index (κ2) is 4.41. The van der Waals surface area contributed by atoms with Gasteiger partial charge in [-0.1, -0.05) is 12.1 Å². The number of imidazole rings is 1. The molecule has 2 aromatic heterocycles. The zero-order chi connectivity index (χ0) is 14.3. The molecule has 0 aliphatic heterocycles. The molecule has 0 unspecified atom stereocenters. The smallest absolute Gasteiger partial charge is 0.374 e. The average molecular weight is 271 g/mol. The van der Waals surface area contributed by atoms with Crippen LogP contribution in [-0.2, 0) is 0 Å². The van der Waals surface area contributed by atoms with Crippen molar-refractivity contribution in [1.29, 1.82) is 0 Å². The van der Waals surface area contributed by atoms with E-state index in [-0.39, 0.29) is 11.6 Å². The third kappa shape index (κ3) is 1.91. The van der Waals surface area contributed by atoms with E-state index in [2.05, 4.69) is 10.1 Å². The molecule has 0 atom stereocenters. The van der Waals surface area contributed by atoms with Gasteiger partial charge in [-0.3, -0.25) is 0 Å². The molecule has 0 saturated carbocycles. The molecular formula is C14H10FN3O2.